The Bertz CT molecular complexity index is 1500. The molecule has 9 heteroatoms. The van der Waals surface area contributed by atoms with Gasteiger partial charge in [0.1, 0.15) is 11.7 Å². The molecule has 4 rings (SSSR count). The molecule has 1 amide bonds. The van der Waals surface area contributed by atoms with Crippen LogP contribution in [0.2, 0.25) is 5.02 Å². The fourth-order valence-electron chi connectivity index (χ4n) is 3.89. The molecule has 184 valence electrons. The molecule has 0 aliphatic heterocycles. The predicted octanol–water partition coefficient (Wildman–Crippen LogP) is 6.77. The average Bonchev–Trinajstić information content (AvgIpc) is 3.34. The van der Waals surface area contributed by atoms with Gasteiger partial charge in [-0.25, -0.2) is 13.6 Å². The lowest BCUT2D eigenvalue weighted by atomic mass is 9.87. The summed E-state index contributed by atoms with van der Waals surface area (Å²) in [5.74, 6) is -1.18. The molecule has 4 aromatic rings. The fraction of sp³-hybridized carbons (Fsp3) is 0.111. The van der Waals surface area contributed by atoms with Gasteiger partial charge >= 0.3 is 0 Å². The number of carbonyl (C=O) groups excluding carboxylic acids is 1. The normalized spacial score (nSPS) is 13.1. The van der Waals surface area contributed by atoms with Crippen molar-refractivity contribution in [2.45, 2.75) is 13.3 Å². The molecule has 1 atom stereocenters. The highest BCUT2D eigenvalue weighted by atomic mass is 35.5. The van der Waals surface area contributed by atoms with Gasteiger partial charge < -0.3 is 9.87 Å². The topological polar surface area (TPSA) is 79.3 Å². The highest BCUT2D eigenvalue weighted by molar-refractivity contribution is 7.79. The summed E-state index contributed by atoms with van der Waals surface area (Å²) in [5, 5.41) is 2.68. The van der Waals surface area contributed by atoms with Crippen molar-refractivity contribution in [3.05, 3.63) is 105 Å². The molecule has 0 aliphatic rings. The van der Waals surface area contributed by atoms with Crippen LogP contribution in [-0.4, -0.2) is 25.5 Å². The number of hydrogen-bond acceptors (Lipinski definition) is 4. The molecular formula is C27H22ClFN2O3S2. The minimum absolute atomic E-state index is 0.328. The van der Waals surface area contributed by atoms with Gasteiger partial charge in [0.15, 0.2) is 11.1 Å². The highest BCUT2D eigenvalue weighted by Gasteiger charge is 2.16. The standard InChI is InChI=1S/C27H22ClFN2O3S2/c1-2-21(22-10-9-20(29)14-23(22)28)27(19-8-11-25-24(13-19)30-15-35-25)18-6-3-17(4-7-18)5-12-26(32)31-16-36(33)34/h3-15H,2,16H2,1H3,(H,31,32)(H,33,34)/b12-5+,27-21+. The fourth-order valence-corrected chi connectivity index (χ4v) is 5.10. The molecule has 0 radical (unpaired) electrons. The van der Waals surface area contributed by atoms with Crippen LogP contribution in [0.3, 0.4) is 0 Å². The maximum Gasteiger partial charge on any atom is 0.244 e. The molecule has 1 unspecified atom stereocenters. The zero-order valence-corrected chi connectivity index (χ0v) is 21.6. The molecular weight excluding hydrogens is 519 g/mol. The van der Waals surface area contributed by atoms with Gasteiger partial charge in [-0.05, 0) is 70.2 Å². The Hall–Kier alpha value is -3.17. The number of hydrogen-bond donors (Lipinski definition) is 2. The van der Waals surface area contributed by atoms with E-state index in [1.54, 1.807) is 23.5 Å². The Balaban J connectivity index is 1.78. The number of nitrogens with zero attached hydrogens (tertiary/aromatic N) is 1. The number of allylic oxidation sites excluding steroid dienone is 1. The molecule has 36 heavy (non-hydrogen) atoms. The van der Waals surface area contributed by atoms with Crippen molar-refractivity contribution in [2.75, 3.05) is 5.88 Å². The minimum Gasteiger partial charge on any atom is -0.339 e. The van der Waals surface area contributed by atoms with Crippen LogP contribution < -0.4 is 5.32 Å². The van der Waals surface area contributed by atoms with Crippen molar-refractivity contribution < 1.29 is 17.9 Å². The lowest BCUT2D eigenvalue weighted by Crippen LogP contribution is -2.24. The van der Waals surface area contributed by atoms with Crippen molar-refractivity contribution in [1.82, 2.24) is 10.3 Å². The molecule has 0 bridgehead atoms. The van der Waals surface area contributed by atoms with Gasteiger partial charge in [0.2, 0.25) is 5.91 Å². The molecule has 0 aliphatic carbocycles. The number of aromatic nitrogens is 1. The second-order valence-electron chi connectivity index (χ2n) is 7.83. The molecule has 5 nitrogen and oxygen atoms in total. The third-order valence-corrected chi connectivity index (χ3v) is 7.04. The summed E-state index contributed by atoms with van der Waals surface area (Å²) in [5.41, 5.74) is 8.07. The lowest BCUT2D eigenvalue weighted by Gasteiger charge is -2.17. The van der Waals surface area contributed by atoms with Gasteiger partial charge in [0.05, 0.1) is 20.7 Å². The zero-order chi connectivity index (χ0) is 25.7. The van der Waals surface area contributed by atoms with Crippen molar-refractivity contribution in [3.63, 3.8) is 0 Å². The second-order valence-corrected chi connectivity index (χ2v) is 10.1. The first-order chi connectivity index (χ1) is 17.4. The van der Waals surface area contributed by atoms with Crippen molar-refractivity contribution >= 4 is 67.4 Å². The van der Waals surface area contributed by atoms with Crippen LogP contribution in [0.5, 0.6) is 0 Å². The summed E-state index contributed by atoms with van der Waals surface area (Å²) in [6, 6.07) is 18.2. The van der Waals surface area contributed by atoms with E-state index in [0.717, 1.165) is 43.6 Å². The number of carbonyl (C=O) groups is 1. The van der Waals surface area contributed by atoms with Crippen LogP contribution in [0.1, 0.15) is 35.6 Å². The number of nitrogens with one attached hydrogen (secondary N) is 1. The van der Waals surface area contributed by atoms with E-state index in [0.29, 0.717) is 11.4 Å². The second kappa shape index (κ2) is 11.7. The molecule has 0 saturated heterocycles. The summed E-state index contributed by atoms with van der Waals surface area (Å²) >= 11 is 5.95. The average molecular weight is 541 g/mol. The van der Waals surface area contributed by atoms with Crippen molar-refractivity contribution in [2.24, 2.45) is 0 Å². The number of benzene rings is 3. The van der Waals surface area contributed by atoms with E-state index < -0.39 is 22.8 Å². The highest BCUT2D eigenvalue weighted by Crippen LogP contribution is 2.38. The molecule has 0 saturated carbocycles. The van der Waals surface area contributed by atoms with Gasteiger partial charge in [-0.15, -0.1) is 11.3 Å². The maximum absolute atomic E-state index is 13.8. The van der Waals surface area contributed by atoms with E-state index in [-0.39, 0.29) is 5.88 Å². The first-order valence-electron chi connectivity index (χ1n) is 11.0. The van der Waals surface area contributed by atoms with Gasteiger partial charge in [-0.2, -0.15) is 0 Å². The number of halogens is 2. The third-order valence-electron chi connectivity index (χ3n) is 5.53. The predicted molar refractivity (Wildman–Crippen MR) is 146 cm³/mol. The first-order valence-corrected chi connectivity index (χ1v) is 13.5. The SMILES string of the molecule is CC/C(=C(/c1ccc(/C=C/C(=O)NCS(=O)O)cc1)c1ccc2scnc2c1)c1ccc(F)cc1Cl. The molecule has 0 spiro atoms. The van der Waals surface area contributed by atoms with Crippen LogP contribution in [-0.2, 0) is 15.9 Å². The smallest absolute Gasteiger partial charge is 0.244 e. The van der Waals surface area contributed by atoms with Crippen LogP contribution in [0.4, 0.5) is 4.39 Å². The first kappa shape index (κ1) is 25.9. The Morgan fingerprint density at radius 3 is 2.58 bits per heavy atom. The van der Waals surface area contributed by atoms with E-state index in [1.165, 1.54) is 18.2 Å². The number of rotatable bonds is 8. The quantitative estimate of drug-likeness (QED) is 0.147. The van der Waals surface area contributed by atoms with E-state index in [4.69, 9.17) is 16.2 Å². The van der Waals surface area contributed by atoms with E-state index in [1.807, 2.05) is 54.9 Å². The Morgan fingerprint density at radius 1 is 1.14 bits per heavy atom. The Morgan fingerprint density at radius 2 is 1.89 bits per heavy atom. The maximum atomic E-state index is 13.8. The zero-order valence-electron chi connectivity index (χ0n) is 19.2. The lowest BCUT2D eigenvalue weighted by molar-refractivity contribution is -0.116. The summed E-state index contributed by atoms with van der Waals surface area (Å²) in [6.45, 7) is 2.03. The third kappa shape index (κ3) is 6.14. The van der Waals surface area contributed by atoms with Gasteiger partial charge in [-0.3, -0.25) is 4.79 Å². The number of thiazole rings is 1. The minimum atomic E-state index is -2.10. The molecule has 2 N–H and O–H groups in total. The Labute approximate surface area is 219 Å². The van der Waals surface area contributed by atoms with Gasteiger partial charge in [0.25, 0.3) is 0 Å². The van der Waals surface area contributed by atoms with E-state index in [2.05, 4.69) is 10.3 Å². The summed E-state index contributed by atoms with van der Waals surface area (Å²) in [6.07, 6.45) is 3.59. The molecule has 1 heterocycles. The summed E-state index contributed by atoms with van der Waals surface area (Å²) in [7, 11) is 0. The summed E-state index contributed by atoms with van der Waals surface area (Å²) in [4.78, 5) is 16.3. The van der Waals surface area contributed by atoms with Gasteiger partial charge in [0, 0.05) is 6.08 Å². The molecule has 3 aromatic carbocycles. The van der Waals surface area contributed by atoms with E-state index in [9.17, 15) is 13.4 Å². The Kier molecular flexibility index (Phi) is 8.43. The molecule has 0 fully saturated rings. The van der Waals surface area contributed by atoms with Crippen molar-refractivity contribution in [1.29, 1.82) is 0 Å². The van der Waals surface area contributed by atoms with Gasteiger partial charge in [-0.1, -0.05) is 54.9 Å². The molecule has 1 aromatic heterocycles. The van der Waals surface area contributed by atoms with Crippen LogP contribution in [0, 0.1) is 5.82 Å². The number of fused-ring (bicyclic) bond motifs is 1. The van der Waals surface area contributed by atoms with E-state index >= 15 is 0 Å². The largest absolute Gasteiger partial charge is 0.339 e. The van der Waals surface area contributed by atoms with Crippen LogP contribution >= 0.6 is 22.9 Å². The summed E-state index contributed by atoms with van der Waals surface area (Å²) < 4.78 is 34.4. The van der Waals surface area contributed by atoms with Crippen LogP contribution in [0.25, 0.3) is 27.4 Å². The number of amides is 1. The monoisotopic (exact) mass is 540 g/mol. The van der Waals surface area contributed by atoms with Crippen LogP contribution in [0.15, 0.2) is 72.3 Å². The van der Waals surface area contributed by atoms with Crippen molar-refractivity contribution in [3.8, 4) is 0 Å².